The summed E-state index contributed by atoms with van der Waals surface area (Å²) in [5.74, 6) is 0.882. The smallest absolute Gasteiger partial charge is 0.247 e. The van der Waals surface area contributed by atoms with Gasteiger partial charge in [0.2, 0.25) is 11.8 Å². The van der Waals surface area contributed by atoms with Crippen molar-refractivity contribution in [3.8, 4) is 0 Å². The average molecular weight is 419 g/mol. The van der Waals surface area contributed by atoms with E-state index in [9.17, 15) is 9.59 Å². The number of piperidine rings is 1. The van der Waals surface area contributed by atoms with E-state index in [0.29, 0.717) is 25.9 Å². The number of hydrogen-bond acceptors (Lipinski definition) is 3. The third-order valence-electron chi connectivity index (χ3n) is 5.87. The topological polar surface area (TPSA) is 67.2 Å². The molecule has 1 aliphatic rings. The van der Waals surface area contributed by atoms with E-state index in [1.807, 2.05) is 48.5 Å². The maximum Gasteiger partial charge on any atom is 0.247 e. The number of benzene rings is 2. The molecule has 0 spiro atoms. The summed E-state index contributed by atoms with van der Waals surface area (Å²) in [5.41, 5.74) is 2.93. The van der Waals surface area contributed by atoms with Gasteiger partial charge in [0.25, 0.3) is 0 Å². The van der Waals surface area contributed by atoms with Gasteiger partial charge in [-0.3, -0.25) is 9.59 Å². The molecule has 6 nitrogen and oxygen atoms in total. The molecular formula is C25H30N4O2. The molecule has 2 heterocycles. The second kappa shape index (κ2) is 9.33. The molecule has 0 aliphatic carbocycles. The van der Waals surface area contributed by atoms with Crippen molar-refractivity contribution in [1.29, 1.82) is 0 Å². The van der Waals surface area contributed by atoms with Gasteiger partial charge in [0.1, 0.15) is 11.9 Å². The summed E-state index contributed by atoms with van der Waals surface area (Å²) in [5, 5.41) is 3.07. The Balaban J connectivity index is 1.50. The van der Waals surface area contributed by atoms with Crippen molar-refractivity contribution in [2.75, 3.05) is 13.1 Å². The number of nitrogens with zero attached hydrogens (tertiary/aromatic N) is 3. The zero-order chi connectivity index (χ0) is 21.8. The molecule has 1 aliphatic heterocycles. The molecule has 1 atom stereocenters. The van der Waals surface area contributed by atoms with E-state index in [0.717, 1.165) is 35.3 Å². The van der Waals surface area contributed by atoms with Gasteiger partial charge in [0.05, 0.1) is 11.0 Å². The predicted octanol–water partition coefficient (Wildman–Crippen LogP) is 4.03. The number of likely N-dealkylation sites (tertiary alicyclic amines) is 1. The van der Waals surface area contributed by atoms with Gasteiger partial charge in [-0.2, -0.15) is 0 Å². The van der Waals surface area contributed by atoms with Gasteiger partial charge in [-0.05, 0) is 44.4 Å². The van der Waals surface area contributed by atoms with Crippen molar-refractivity contribution in [3.05, 3.63) is 66.0 Å². The molecule has 2 aromatic carbocycles. The van der Waals surface area contributed by atoms with E-state index in [2.05, 4.69) is 29.8 Å². The molecular weight excluding hydrogens is 388 g/mol. The Bertz CT molecular complexity index is 1060. The summed E-state index contributed by atoms with van der Waals surface area (Å²) in [6.45, 7) is 5.38. The SMILES string of the molecule is CC(C)n1c(CCNC(=O)[C@H](c2ccccc2)N2CCCCC2=O)nc2ccccc21. The number of hydrogen-bond donors (Lipinski definition) is 1. The number of aromatic nitrogens is 2. The van der Waals surface area contributed by atoms with Crippen LogP contribution in [0.2, 0.25) is 0 Å². The Morgan fingerprint density at radius 3 is 2.55 bits per heavy atom. The zero-order valence-electron chi connectivity index (χ0n) is 18.3. The minimum Gasteiger partial charge on any atom is -0.354 e. The van der Waals surface area contributed by atoms with Crippen molar-refractivity contribution in [2.24, 2.45) is 0 Å². The van der Waals surface area contributed by atoms with Crippen LogP contribution in [0.15, 0.2) is 54.6 Å². The lowest BCUT2D eigenvalue weighted by atomic mass is 10.0. The maximum absolute atomic E-state index is 13.2. The number of nitrogens with one attached hydrogen (secondary N) is 1. The second-order valence-corrected chi connectivity index (χ2v) is 8.38. The molecule has 3 aromatic rings. The lowest BCUT2D eigenvalue weighted by Crippen LogP contribution is -2.46. The highest BCUT2D eigenvalue weighted by molar-refractivity contribution is 5.89. The summed E-state index contributed by atoms with van der Waals surface area (Å²) in [4.78, 5) is 32.3. The van der Waals surface area contributed by atoms with Gasteiger partial charge in [-0.1, -0.05) is 42.5 Å². The molecule has 0 radical (unpaired) electrons. The Morgan fingerprint density at radius 2 is 1.81 bits per heavy atom. The number of fused-ring (bicyclic) bond motifs is 1. The van der Waals surface area contributed by atoms with Crippen molar-refractivity contribution in [1.82, 2.24) is 19.8 Å². The normalized spacial score (nSPS) is 15.5. The lowest BCUT2D eigenvalue weighted by molar-refractivity contribution is -0.142. The van der Waals surface area contributed by atoms with Crippen molar-refractivity contribution < 1.29 is 9.59 Å². The Kier molecular flexibility index (Phi) is 6.35. The second-order valence-electron chi connectivity index (χ2n) is 8.38. The fourth-order valence-electron chi connectivity index (χ4n) is 4.45. The molecule has 31 heavy (non-hydrogen) atoms. The lowest BCUT2D eigenvalue weighted by Gasteiger charge is -2.34. The predicted molar refractivity (Wildman–Crippen MR) is 122 cm³/mol. The minimum atomic E-state index is -0.585. The summed E-state index contributed by atoms with van der Waals surface area (Å²) in [7, 11) is 0. The summed E-state index contributed by atoms with van der Waals surface area (Å²) in [6.07, 6.45) is 2.97. The number of rotatable bonds is 7. The van der Waals surface area contributed by atoms with Crippen LogP contribution < -0.4 is 5.32 Å². The van der Waals surface area contributed by atoms with Crippen LogP contribution in [0.25, 0.3) is 11.0 Å². The standard InChI is InChI=1S/C25H30N4O2/c1-18(2)29-21-13-7-6-12-20(21)27-22(29)15-16-26-25(31)24(19-10-4-3-5-11-19)28-17-9-8-14-23(28)30/h3-7,10-13,18,24H,8-9,14-17H2,1-2H3,(H,26,31)/t24-/m0/s1. The summed E-state index contributed by atoms with van der Waals surface area (Å²) < 4.78 is 2.23. The first-order valence-electron chi connectivity index (χ1n) is 11.1. The molecule has 1 aromatic heterocycles. The highest BCUT2D eigenvalue weighted by Crippen LogP contribution is 2.26. The number of carbonyl (C=O) groups excluding carboxylic acids is 2. The molecule has 0 bridgehead atoms. The minimum absolute atomic E-state index is 0.0526. The van der Waals surface area contributed by atoms with E-state index in [1.165, 1.54) is 0 Å². The van der Waals surface area contributed by atoms with Gasteiger partial charge < -0.3 is 14.8 Å². The summed E-state index contributed by atoms with van der Waals surface area (Å²) >= 11 is 0. The Labute approximate surface area is 183 Å². The number of amides is 2. The Morgan fingerprint density at radius 1 is 1.06 bits per heavy atom. The van der Waals surface area contributed by atoms with E-state index in [4.69, 9.17) is 4.98 Å². The molecule has 1 saturated heterocycles. The van der Waals surface area contributed by atoms with Gasteiger partial charge in [-0.15, -0.1) is 0 Å². The molecule has 1 N–H and O–H groups in total. The van der Waals surface area contributed by atoms with E-state index < -0.39 is 6.04 Å². The highest BCUT2D eigenvalue weighted by Gasteiger charge is 2.32. The van der Waals surface area contributed by atoms with Crippen LogP contribution in [0.1, 0.15) is 56.6 Å². The molecule has 4 rings (SSSR count). The fraction of sp³-hybridized carbons (Fsp3) is 0.400. The molecule has 6 heteroatoms. The van der Waals surface area contributed by atoms with E-state index in [1.54, 1.807) is 4.90 Å². The van der Waals surface area contributed by atoms with E-state index >= 15 is 0 Å². The van der Waals surface area contributed by atoms with Crippen LogP contribution >= 0.6 is 0 Å². The van der Waals surface area contributed by atoms with Crippen LogP contribution in [-0.4, -0.2) is 39.4 Å². The fourth-order valence-corrected chi connectivity index (χ4v) is 4.45. The van der Waals surface area contributed by atoms with Crippen molar-refractivity contribution in [2.45, 2.75) is 51.6 Å². The van der Waals surface area contributed by atoms with Crippen LogP contribution in [0.3, 0.4) is 0 Å². The highest BCUT2D eigenvalue weighted by atomic mass is 16.2. The molecule has 2 amide bonds. The number of imidazole rings is 1. The molecule has 0 saturated carbocycles. The number of para-hydroxylation sites is 2. The first kappa shape index (κ1) is 21.1. The quantitative estimate of drug-likeness (QED) is 0.630. The van der Waals surface area contributed by atoms with Gasteiger partial charge in [0.15, 0.2) is 0 Å². The van der Waals surface area contributed by atoms with Crippen molar-refractivity contribution in [3.63, 3.8) is 0 Å². The molecule has 1 fully saturated rings. The van der Waals surface area contributed by atoms with Crippen LogP contribution in [0, 0.1) is 0 Å². The molecule has 0 unspecified atom stereocenters. The van der Waals surface area contributed by atoms with Crippen LogP contribution in [-0.2, 0) is 16.0 Å². The van der Waals surface area contributed by atoms with Gasteiger partial charge >= 0.3 is 0 Å². The van der Waals surface area contributed by atoms with Crippen LogP contribution in [0.4, 0.5) is 0 Å². The zero-order valence-corrected chi connectivity index (χ0v) is 18.3. The van der Waals surface area contributed by atoms with Gasteiger partial charge in [0, 0.05) is 32.0 Å². The first-order chi connectivity index (χ1) is 15.1. The third kappa shape index (κ3) is 4.48. The Hall–Kier alpha value is -3.15. The third-order valence-corrected chi connectivity index (χ3v) is 5.87. The largest absolute Gasteiger partial charge is 0.354 e. The van der Waals surface area contributed by atoms with Gasteiger partial charge in [-0.25, -0.2) is 4.98 Å². The van der Waals surface area contributed by atoms with E-state index in [-0.39, 0.29) is 17.9 Å². The first-order valence-corrected chi connectivity index (χ1v) is 11.1. The monoisotopic (exact) mass is 418 g/mol. The van der Waals surface area contributed by atoms with Crippen molar-refractivity contribution >= 4 is 22.8 Å². The average Bonchev–Trinajstić information content (AvgIpc) is 3.14. The molecule has 162 valence electrons. The maximum atomic E-state index is 13.2. The number of carbonyl (C=O) groups is 2. The van der Waals surface area contributed by atoms with Crippen LogP contribution in [0.5, 0.6) is 0 Å². The summed E-state index contributed by atoms with van der Waals surface area (Å²) in [6, 6.07) is 17.4.